The molecule has 0 radical (unpaired) electrons. The first-order chi connectivity index (χ1) is 20.5. The van der Waals surface area contributed by atoms with Crippen LogP contribution in [0.1, 0.15) is 18.9 Å². The molecule has 0 saturated carbocycles. The van der Waals surface area contributed by atoms with Gasteiger partial charge >= 0.3 is 30.1 Å². The lowest BCUT2D eigenvalue weighted by Gasteiger charge is -2.33. The number of nitrogens with zero attached hydrogens (tertiary/aromatic N) is 1. The molecule has 0 unspecified atom stereocenters. The number of ether oxygens (including phenoxy) is 2. The van der Waals surface area contributed by atoms with Crippen LogP contribution in [0, 0.1) is 5.41 Å². The maximum absolute atomic E-state index is 13.6. The first-order valence-electron chi connectivity index (χ1n) is 12.1. The van der Waals surface area contributed by atoms with Crippen LogP contribution in [-0.2, 0) is 33.4 Å². The summed E-state index contributed by atoms with van der Waals surface area (Å²) in [5.41, 5.74) is 6.35. The molecule has 7 N–H and O–H groups in total. The van der Waals surface area contributed by atoms with Crippen molar-refractivity contribution in [2.45, 2.75) is 31.7 Å². The summed E-state index contributed by atoms with van der Waals surface area (Å²) in [6.45, 7) is 1.16. The topological polar surface area (TPSA) is 230 Å². The van der Waals surface area contributed by atoms with Crippen molar-refractivity contribution >= 4 is 53.0 Å². The van der Waals surface area contributed by atoms with E-state index in [-0.39, 0.29) is 11.5 Å². The SMILES string of the molecule is COC(=O)C[C@H](NC(C)=O)C(=O)N(c1ccccc1)[C@@H](NC(=O)Nc1ccc(C(=N)N)cc1)C(=O)OC.O=C(O)C(F)(F)F. The number of alkyl halides is 3. The van der Waals surface area contributed by atoms with Gasteiger partial charge in [0.15, 0.2) is 0 Å². The molecule has 0 aliphatic heterocycles. The van der Waals surface area contributed by atoms with Gasteiger partial charge in [0.2, 0.25) is 12.1 Å². The third-order valence-corrected chi connectivity index (χ3v) is 5.19. The van der Waals surface area contributed by atoms with E-state index in [0.717, 1.165) is 26.0 Å². The second kappa shape index (κ2) is 16.7. The van der Waals surface area contributed by atoms with Crippen LogP contribution in [0.5, 0.6) is 0 Å². The zero-order valence-corrected chi connectivity index (χ0v) is 23.4. The summed E-state index contributed by atoms with van der Waals surface area (Å²) in [4.78, 5) is 72.7. The summed E-state index contributed by atoms with van der Waals surface area (Å²) in [5, 5.41) is 21.9. The highest BCUT2D eigenvalue weighted by Gasteiger charge is 2.39. The van der Waals surface area contributed by atoms with Gasteiger partial charge in [-0.05, 0) is 36.4 Å². The minimum Gasteiger partial charge on any atom is -0.475 e. The Balaban J connectivity index is 0.00000123. The summed E-state index contributed by atoms with van der Waals surface area (Å²) in [6, 6.07) is 11.6. The van der Waals surface area contributed by atoms with Crippen molar-refractivity contribution in [1.82, 2.24) is 10.6 Å². The van der Waals surface area contributed by atoms with Gasteiger partial charge in [-0.15, -0.1) is 0 Å². The third-order valence-electron chi connectivity index (χ3n) is 5.19. The van der Waals surface area contributed by atoms with Crippen molar-refractivity contribution in [3.05, 3.63) is 60.2 Å². The number of hydrogen-bond acceptors (Lipinski definition) is 9. The van der Waals surface area contributed by atoms with Crippen LogP contribution in [-0.4, -0.2) is 79.3 Å². The molecule has 238 valence electrons. The Kier molecular flexibility index (Phi) is 13.8. The highest BCUT2D eigenvalue weighted by Crippen LogP contribution is 2.20. The number of benzene rings is 2. The Bertz CT molecular complexity index is 1360. The van der Waals surface area contributed by atoms with Crippen molar-refractivity contribution in [2.24, 2.45) is 5.73 Å². The number of esters is 2. The van der Waals surface area contributed by atoms with Crippen molar-refractivity contribution < 1.29 is 56.5 Å². The minimum absolute atomic E-state index is 0.153. The lowest BCUT2D eigenvalue weighted by Crippen LogP contribution is -2.61. The van der Waals surface area contributed by atoms with Crippen molar-refractivity contribution in [2.75, 3.05) is 24.4 Å². The second-order valence-electron chi connectivity index (χ2n) is 8.40. The number of para-hydroxylation sites is 1. The second-order valence-corrected chi connectivity index (χ2v) is 8.40. The van der Waals surface area contributed by atoms with Crippen LogP contribution in [0.15, 0.2) is 54.6 Å². The molecular formula is C26H29F3N6O9. The molecule has 0 aliphatic carbocycles. The van der Waals surface area contributed by atoms with Gasteiger partial charge in [0.25, 0.3) is 5.91 Å². The number of carboxylic acid groups (broad SMARTS) is 1. The fourth-order valence-electron chi connectivity index (χ4n) is 3.22. The van der Waals surface area contributed by atoms with Crippen molar-refractivity contribution in [3.63, 3.8) is 0 Å². The summed E-state index contributed by atoms with van der Waals surface area (Å²) in [7, 11) is 2.20. The lowest BCUT2D eigenvalue weighted by molar-refractivity contribution is -0.192. The number of halogens is 3. The number of amidine groups is 1. The van der Waals surface area contributed by atoms with Crippen LogP contribution < -0.4 is 26.6 Å². The van der Waals surface area contributed by atoms with E-state index < -0.39 is 60.6 Å². The zero-order chi connectivity index (χ0) is 33.6. The van der Waals surface area contributed by atoms with Crippen molar-refractivity contribution in [1.29, 1.82) is 5.41 Å². The first-order valence-corrected chi connectivity index (χ1v) is 12.1. The van der Waals surface area contributed by atoms with Gasteiger partial charge in [-0.2, -0.15) is 13.2 Å². The smallest absolute Gasteiger partial charge is 0.475 e. The monoisotopic (exact) mass is 626 g/mol. The molecule has 0 heterocycles. The number of nitrogens with two attached hydrogens (primary N) is 1. The van der Waals surface area contributed by atoms with Gasteiger partial charge in [0.1, 0.15) is 11.9 Å². The maximum Gasteiger partial charge on any atom is 0.490 e. The normalized spacial score (nSPS) is 11.7. The Morgan fingerprint density at radius 3 is 1.93 bits per heavy atom. The van der Waals surface area contributed by atoms with E-state index in [1.54, 1.807) is 18.2 Å². The van der Waals surface area contributed by atoms with E-state index in [4.69, 9.17) is 25.8 Å². The van der Waals surface area contributed by atoms with Crippen LogP contribution in [0.25, 0.3) is 0 Å². The van der Waals surface area contributed by atoms with E-state index in [2.05, 4.69) is 20.7 Å². The minimum atomic E-state index is -5.08. The number of amides is 4. The quantitative estimate of drug-likeness (QED) is 0.0959. The molecule has 0 fully saturated rings. The largest absolute Gasteiger partial charge is 0.490 e. The molecule has 18 heteroatoms. The Morgan fingerprint density at radius 1 is 0.955 bits per heavy atom. The summed E-state index contributed by atoms with van der Waals surface area (Å²) >= 11 is 0. The predicted octanol–water partition coefficient (Wildman–Crippen LogP) is 1.33. The Morgan fingerprint density at radius 2 is 1.50 bits per heavy atom. The molecular weight excluding hydrogens is 597 g/mol. The molecule has 2 rings (SSSR count). The van der Waals surface area contributed by atoms with Gasteiger partial charge in [0.05, 0.1) is 20.6 Å². The van der Waals surface area contributed by atoms with Gasteiger partial charge < -0.3 is 36.3 Å². The number of carbonyl (C=O) groups excluding carboxylic acids is 5. The van der Waals surface area contributed by atoms with Gasteiger partial charge in [-0.1, -0.05) is 18.2 Å². The molecule has 0 aliphatic rings. The zero-order valence-electron chi connectivity index (χ0n) is 23.4. The average molecular weight is 627 g/mol. The first kappa shape index (κ1) is 36.3. The molecule has 0 spiro atoms. The van der Waals surface area contributed by atoms with E-state index in [1.807, 2.05) is 0 Å². The predicted molar refractivity (Wildman–Crippen MR) is 147 cm³/mol. The highest BCUT2D eigenvalue weighted by atomic mass is 19.4. The number of urea groups is 1. The molecule has 44 heavy (non-hydrogen) atoms. The third kappa shape index (κ3) is 11.7. The van der Waals surface area contributed by atoms with E-state index in [0.29, 0.717) is 11.3 Å². The molecule has 2 atom stereocenters. The van der Waals surface area contributed by atoms with Gasteiger partial charge in [0, 0.05) is 23.9 Å². The van der Waals surface area contributed by atoms with E-state index >= 15 is 0 Å². The Hall–Kier alpha value is -5.68. The number of nitrogens with one attached hydrogen (secondary N) is 4. The van der Waals surface area contributed by atoms with E-state index in [1.165, 1.54) is 36.4 Å². The number of methoxy groups -OCH3 is 2. The highest BCUT2D eigenvalue weighted by molar-refractivity contribution is 6.06. The van der Waals surface area contributed by atoms with Gasteiger partial charge in [-0.3, -0.25) is 24.7 Å². The fraction of sp³-hybridized carbons (Fsp3) is 0.269. The number of rotatable bonds is 10. The molecule has 2 aromatic rings. The Labute approximate surface area is 248 Å². The number of carboxylic acids is 1. The molecule has 4 amide bonds. The molecule has 15 nitrogen and oxygen atoms in total. The fourth-order valence-corrected chi connectivity index (χ4v) is 3.22. The molecule has 0 saturated heterocycles. The standard InChI is InChI=1S/C24H28N6O7.C2HF3O2/c1-14(31)27-18(13-19(32)36-2)22(33)30(17-7-5-4-6-8-17)21(23(34)37-3)29-24(35)28-16-11-9-15(10-12-16)20(25)26;3-2(4,5)1(6)7/h4-12,18,21H,13H2,1-3H3,(H3,25,26)(H,27,31)(H2,28,29,35);(H,6,7)/t18-,21+;/m0./s1. The molecule has 2 aromatic carbocycles. The number of nitrogen functional groups attached to an aromatic ring is 1. The van der Waals surface area contributed by atoms with E-state index in [9.17, 15) is 37.1 Å². The summed E-state index contributed by atoms with van der Waals surface area (Å²) in [6.07, 6.45) is -7.30. The summed E-state index contributed by atoms with van der Waals surface area (Å²) < 4.78 is 41.2. The van der Waals surface area contributed by atoms with Crippen LogP contribution in [0.4, 0.5) is 29.3 Å². The summed E-state index contributed by atoms with van der Waals surface area (Å²) in [5.74, 6) is -6.18. The number of carbonyl (C=O) groups is 6. The average Bonchev–Trinajstić information content (AvgIpc) is 2.96. The number of anilines is 2. The molecule has 0 bridgehead atoms. The number of aliphatic carboxylic acids is 1. The van der Waals surface area contributed by atoms with Crippen molar-refractivity contribution in [3.8, 4) is 0 Å². The van der Waals surface area contributed by atoms with Crippen LogP contribution in [0.2, 0.25) is 0 Å². The number of hydrogen-bond donors (Lipinski definition) is 6. The maximum atomic E-state index is 13.6. The van der Waals surface area contributed by atoms with Crippen LogP contribution in [0.3, 0.4) is 0 Å². The van der Waals surface area contributed by atoms with Crippen LogP contribution >= 0.6 is 0 Å². The molecule has 0 aromatic heterocycles. The lowest BCUT2D eigenvalue weighted by atomic mass is 10.1. The van der Waals surface area contributed by atoms with Gasteiger partial charge in [-0.25, -0.2) is 14.4 Å².